The highest BCUT2D eigenvalue weighted by molar-refractivity contribution is 5.29. The number of hydrogen-bond donors (Lipinski definition) is 0. The molecule has 0 amide bonds. The van der Waals surface area contributed by atoms with Crippen molar-refractivity contribution in [1.82, 2.24) is 4.98 Å². The van der Waals surface area contributed by atoms with Gasteiger partial charge in [0.05, 0.1) is 0 Å². The number of pyridine rings is 1. The number of aryl methyl sites for hydroxylation is 2. The molecular weight excluding hydrogens is 206 g/mol. The van der Waals surface area contributed by atoms with E-state index in [0.717, 1.165) is 19.3 Å². The molecule has 0 N–H and O–H groups in total. The Morgan fingerprint density at radius 1 is 1.41 bits per heavy atom. The molecule has 0 aliphatic heterocycles. The maximum Gasteiger partial charge on any atom is 0.0300 e. The van der Waals surface area contributed by atoms with E-state index < -0.39 is 0 Å². The highest BCUT2D eigenvalue weighted by atomic mass is 14.6. The van der Waals surface area contributed by atoms with E-state index in [0.29, 0.717) is 0 Å². The molecular formula is C16H21N. The second-order valence-electron chi connectivity index (χ2n) is 4.41. The zero-order chi connectivity index (χ0) is 12.7. The molecule has 1 aromatic heterocycles. The molecule has 17 heavy (non-hydrogen) atoms. The molecule has 0 saturated carbocycles. The van der Waals surface area contributed by atoms with Crippen molar-refractivity contribution in [2.45, 2.75) is 33.1 Å². The van der Waals surface area contributed by atoms with Crippen LogP contribution in [0.15, 0.2) is 54.9 Å². The Hall–Kier alpha value is -1.63. The van der Waals surface area contributed by atoms with Gasteiger partial charge in [-0.25, -0.2) is 0 Å². The predicted molar refractivity (Wildman–Crippen MR) is 75.0 cm³/mol. The van der Waals surface area contributed by atoms with Crippen molar-refractivity contribution >= 4 is 0 Å². The second kappa shape index (κ2) is 6.85. The molecule has 0 aliphatic carbocycles. The topological polar surface area (TPSA) is 12.9 Å². The molecule has 0 bridgehead atoms. The second-order valence-corrected chi connectivity index (χ2v) is 4.41. The Morgan fingerprint density at radius 3 is 2.82 bits per heavy atom. The minimum Gasteiger partial charge on any atom is -0.264 e. The van der Waals surface area contributed by atoms with Crippen LogP contribution in [-0.4, -0.2) is 4.98 Å². The summed E-state index contributed by atoms with van der Waals surface area (Å²) in [6.07, 6.45) is 10.9. The van der Waals surface area contributed by atoms with Gasteiger partial charge in [0, 0.05) is 12.4 Å². The van der Waals surface area contributed by atoms with Crippen molar-refractivity contribution in [2.75, 3.05) is 0 Å². The Balaban J connectivity index is 2.40. The van der Waals surface area contributed by atoms with E-state index in [1.54, 1.807) is 0 Å². The van der Waals surface area contributed by atoms with Gasteiger partial charge in [0.1, 0.15) is 0 Å². The number of aromatic nitrogens is 1. The molecule has 0 spiro atoms. The number of hydrogen-bond acceptors (Lipinski definition) is 1. The van der Waals surface area contributed by atoms with E-state index in [4.69, 9.17) is 0 Å². The van der Waals surface area contributed by atoms with Crippen LogP contribution in [0.5, 0.6) is 0 Å². The van der Waals surface area contributed by atoms with E-state index in [1.165, 1.54) is 22.3 Å². The van der Waals surface area contributed by atoms with Crippen LogP contribution in [0.2, 0.25) is 0 Å². The molecule has 1 heterocycles. The van der Waals surface area contributed by atoms with Crippen LogP contribution in [0.1, 0.15) is 30.9 Å². The van der Waals surface area contributed by atoms with Crippen molar-refractivity contribution in [3.05, 3.63) is 66.0 Å². The third kappa shape index (κ3) is 4.81. The van der Waals surface area contributed by atoms with Gasteiger partial charge in [0.2, 0.25) is 0 Å². The van der Waals surface area contributed by atoms with E-state index in [2.05, 4.69) is 38.1 Å². The predicted octanol–water partition coefficient (Wildman–Crippen LogP) is 4.40. The number of rotatable bonds is 6. The molecule has 0 fully saturated rings. The largest absolute Gasteiger partial charge is 0.264 e. The summed E-state index contributed by atoms with van der Waals surface area (Å²) in [6, 6.07) is 2.20. The first-order valence-electron chi connectivity index (χ1n) is 6.01. The molecule has 0 aliphatic rings. The van der Waals surface area contributed by atoms with Crippen LogP contribution in [0.25, 0.3) is 0 Å². The summed E-state index contributed by atoms with van der Waals surface area (Å²) >= 11 is 0. The molecule has 1 heteroatoms. The van der Waals surface area contributed by atoms with Gasteiger partial charge in [-0.15, -0.1) is 0 Å². The molecule has 1 nitrogen and oxygen atoms in total. The minimum absolute atomic E-state index is 1.03. The maximum atomic E-state index is 4.20. The average Bonchev–Trinajstić information content (AvgIpc) is 2.29. The third-order valence-corrected chi connectivity index (χ3v) is 2.80. The molecule has 0 saturated heterocycles. The third-order valence-electron chi connectivity index (χ3n) is 2.80. The molecule has 90 valence electrons. The van der Waals surface area contributed by atoms with Crippen molar-refractivity contribution in [1.29, 1.82) is 0 Å². The summed E-state index contributed by atoms with van der Waals surface area (Å²) in [7, 11) is 0. The van der Waals surface area contributed by atoms with E-state index in [9.17, 15) is 0 Å². The Kier molecular flexibility index (Phi) is 5.41. The smallest absolute Gasteiger partial charge is 0.0300 e. The molecule has 1 aromatic rings. The van der Waals surface area contributed by atoms with Crippen LogP contribution in [0.3, 0.4) is 0 Å². The van der Waals surface area contributed by atoms with E-state index >= 15 is 0 Å². The van der Waals surface area contributed by atoms with Gasteiger partial charge in [-0.2, -0.15) is 0 Å². The van der Waals surface area contributed by atoms with Crippen LogP contribution in [-0.2, 0) is 6.42 Å². The summed E-state index contributed by atoms with van der Waals surface area (Å²) in [6.45, 7) is 11.9. The fourth-order valence-electron chi connectivity index (χ4n) is 1.75. The SMILES string of the molecule is C=C/C=C(\C)C(=C)CCCc1cncc(C)c1. The Bertz CT molecular complexity index is 427. The minimum atomic E-state index is 1.03. The van der Waals surface area contributed by atoms with Crippen LogP contribution in [0, 0.1) is 6.92 Å². The summed E-state index contributed by atoms with van der Waals surface area (Å²) in [5, 5.41) is 0. The maximum absolute atomic E-state index is 4.20. The normalized spacial score (nSPS) is 11.3. The van der Waals surface area contributed by atoms with Crippen molar-refractivity contribution in [2.24, 2.45) is 0 Å². The number of nitrogens with zero attached hydrogens (tertiary/aromatic N) is 1. The molecule has 0 atom stereocenters. The van der Waals surface area contributed by atoms with Crippen LogP contribution in [0.4, 0.5) is 0 Å². The molecule has 1 rings (SSSR count). The summed E-state index contributed by atoms with van der Waals surface area (Å²) < 4.78 is 0. The lowest BCUT2D eigenvalue weighted by Gasteiger charge is -2.06. The van der Waals surface area contributed by atoms with Gasteiger partial charge >= 0.3 is 0 Å². The van der Waals surface area contributed by atoms with Gasteiger partial charge in [-0.1, -0.05) is 36.9 Å². The van der Waals surface area contributed by atoms with Gasteiger partial charge in [0.25, 0.3) is 0 Å². The van der Waals surface area contributed by atoms with Crippen molar-refractivity contribution < 1.29 is 0 Å². The van der Waals surface area contributed by atoms with E-state index in [-0.39, 0.29) is 0 Å². The quantitative estimate of drug-likeness (QED) is 0.656. The first-order valence-corrected chi connectivity index (χ1v) is 6.01. The van der Waals surface area contributed by atoms with E-state index in [1.807, 2.05) is 24.5 Å². The summed E-state index contributed by atoms with van der Waals surface area (Å²) in [5.74, 6) is 0. The van der Waals surface area contributed by atoms with Gasteiger partial charge in [-0.3, -0.25) is 4.98 Å². The monoisotopic (exact) mass is 227 g/mol. The van der Waals surface area contributed by atoms with Crippen LogP contribution >= 0.6 is 0 Å². The first kappa shape index (κ1) is 13.4. The fourth-order valence-corrected chi connectivity index (χ4v) is 1.75. The fraction of sp³-hybridized carbons (Fsp3) is 0.312. The van der Waals surface area contributed by atoms with Gasteiger partial charge in [0.15, 0.2) is 0 Å². The summed E-state index contributed by atoms with van der Waals surface area (Å²) in [4.78, 5) is 4.20. The highest BCUT2D eigenvalue weighted by Gasteiger charge is 1.98. The van der Waals surface area contributed by atoms with Gasteiger partial charge in [-0.05, 0) is 49.8 Å². The number of allylic oxidation sites excluding steroid dienone is 4. The summed E-state index contributed by atoms with van der Waals surface area (Å²) in [5.41, 5.74) is 4.96. The lowest BCUT2D eigenvalue weighted by Crippen LogP contribution is -1.91. The van der Waals surface area contributed by atoms with Crippen molar-refractivity contribution in [3.63, 3.8) is 0 Å². The van der Waals surface area contributed by atoms with Crippen LogP contribution < -0.4 is 0 Å². The Morgan fingerprint density at radius 2 is 2.18 bits per heavy atom. The lowest BCUT2D eigenvalue weighted by atomic mass is 10.0. The lowest BCUT2D eigenvalue weighted by molar-refractivity contribution is 0.813. The first-order chi connectivity index (χ1) is 8.13. The zero-order valence-electron chi connectivity index (χ0n) is 10.9. The van der Waals surface area contributed by atoms with Gasteiger partial charge < -0.3 is 0 Å². The average molecular weight is 227 g/mol. The molecule has 0 radical (unpaired) electrons. The van der Waals surface area contributed by atoms with Crippen molar-refractivity contribution in [3.8, 4) is 0 Å². The molecule has 0 unspecified atom stereocenters. The molecule has 0 aromatic carbocycles. The standard InChI is InChI=1S/C16H21N/c1-5-7-14(3)15(4)8-6-9-16-10-13(2)11-17-12-16/h5,7,10-12H,1,4,6,8-9H2,2-3H3/b14-7+. The highest BCUT2D eigenvalue weighted by Crippen LogP contribution is 2.15. The zero-order valence-corrected chi connectivity index (χ0v) is 10.9. The Labute approximate surface area is 105 Å².